The Morgan fingerprint density at radius 1 is 1.26 bits per heavy atom. The average Bonchev–Trinajstić information content (AvgIpc) is 3.17. The van der Waals surface area contributed by atoms with Crippen molar-refractivity contribution in [1.29, 1.82) is 0 Å². The number of non-ortho nitro benzene ring substituents is 1. The molecular formula is C22H21F3N6O3. The number of rotatable bonds is 5. The van der Waals surface area contributed by atoms with Crippen molar-refractivity contribution in [2.45, 2.75) is 52.0 Å². The maximum Gasteiger partial charge on any atom is 0.416 e. The van der Waals surface area contributed by atoms with Crippen LogP contribution in [0.25, 0.3) is 5.78 Å². The first-order chi connectivity index (χ1) is 16.0. The number of nitro benzene ring substituents is 1. The van der Waals surface area contributed by atoms with Crippen molar-refractivity contribution in [2.24, 2.45) is 5.41 Å². The number of carbonyl (C=O) groups is 1. The largest absolute Gasteiger partial charge is 0.416 e. The molecule has 1 atom stereocenters. The molecule has 9 nitrogen and oxygen atoms in total. The van der Waals surface area contributed by atoms with Gasteiger partial charge in [-0.3, -0.25) is 19.3 Å². The Kier molecular flexibility index (Phi) is 4.81. The van der Waals surface area contributed by atoms with E-state index in [1.807, 2.05) is 6.92 Å². The van der Waals surface area contributed by atoms with Crippen molar-refractivity contribution >= 4 is 23.2 Å². The van der Waals surface area contributed by atoms with E-state index in [-0.39, 0.29) is 16.9 Å². The molecule has 0 saturated heterocycles. The van der Waals surface area contributed by atoms with Crippen LogP contribution in [0.5, 0.6) is 0 Å². The van der Waals surface area contributed by atoms with Crippen LogP contribution in [-0.2, 0) is 24.1 Å². The Hall–Kier alpha value is -3.70. The summed E-state index contributed by atoms with van der Waals surface area (Å²) in [6.07, 6.45) is 0.284. The van der Waals surface area contributed by atoms with Gasteiger partial charge in [0.05, 0.1) is 35.3 Å². The van der Waals surface area contributed by atoms with Crippen LogP contribution in [0.4, 0.5) is 24.7 Å². The topological polar surface area (TPSA) is 106 Å². The first-order valence-corrected chi connectivity index (χ1v) is 10.7. The third kappa shape index (κ3) is 3.72. The average molecular weight is 474 g/mol. The first-order valence-electron chi connectivity index (χ1n) is 10.7. The quantitative estimate of drug-likeness (QED) is 0.432. The van der Waals surface area contributed by atoms with Gasteiger partial charge in [0.25, 0.3) is 5.69 Å². The lowest BCUT2D eigenvalue weighted by molar-refractivity contribution is -0.385. The number of anilines is 1. The Morgan fingerprint density at radius 3 is 2.65 bits per heavy atom. The minimum atomic E-state index is -4.73. The highest BCUT2D eigenvalue weighted by Gasteiger charge is 2.48. The van der Waals surface area contributed by atoms with Gasteiger partial charge >= 0.3 is 6.18 Å². The molecule has 0 unspecified atom stereocenters. The van der Waals surface area contributed by atoms with Crippen LogP contribution in [0.3, 0.4) is 0 Å². The summed E-state index contributed by atoms with van der Waals surface area (Å²) in [5.74, 6) is 0.831. The van der Waals surface area contributed by atoms with E-state index in [0.29, 0.717) is 30.8 Å². The van der Waals surface area contributed by atoms with Gasteiger partial charge in [0.2, 0.25) is 11.7 Å². The van der Waals surface area contributed by atoms with Crippen molar-refractivity contribution in [3.8, 4) is 0 Å². The maximum atomic E-state index is 13.3. The van der Waals surface area contributed by atoms with Gasteiger partial charge in [-0.1, -0.05) is 6.92 Å². The molecule has 3 aromatic rings. The molecular weight excluding hydrogens is 453 g/mol. The van der Waals surface area contributed by atoms with Gasteiger partial charge in [0, 0.05) is 35.5 Å². The summed E-state index contributed by atoms with van der Waals surface area (Å²) in [4.78, 5) is 33.8. The van der Waals surface area contributed by atoms with Crippen LogP contribution in [0.15, 0.2) is 30.6 Å². The number of imidazole rings is 1. The predicted octanol–water partition coefficient (Wildman–Crippen LogP) is 4.47. The third-order valence-corrected chi connectivity index (χ3v) is 6.58. The molecule has 2 aromatic heterocycles. The van der Waals surface area contributed by atoms with Gasteiger partial charge < -0.3 is 10.2 Å². The number of nitro groups is 1. The second-order valence-corrected chi connectivity index (χ2v) is 9.14. The Morgan fingerprint density at radius 2 is 2.00 bits per heavy atom. The molecule has 0 spiro atoms. The summed E-state index contributed by atoms with van der Waals surface area (Å²) >= 11 is 0. The molecule has 5 rings (SSSR count). The van der Waals surface area contributed by atoms with Gasteiger partial charge in [-0.15, -0.1) is 0 Å². The van der Waals surface area contributed by atoms with Gasteiger partial charge in [-0.05, 0) is 31.4 Å². The van der Waals surface area contributed by atoms with Crippen LogP contribution in [-0.4, -0.2) is 30.1 Å². The fourth-order valence-corrected chi connectivity index (χ4v) is 4.29. The van der Waals surface area contributed by atoms with E-state index >= 15 is 0 Å². The summed E-state index contributed by atoms with van der Waals surface area (Å²) in [5.41, 5.74) is -0.420. The number of hydrogen-bond donors (Lipinski definition) is 1. The second-order valence-electron chi connectivity index (χ2n) is 9.14. The van der Waals surface area contributed by atoms with Crippen LogP contribution < -0.4 is 5.32 Å². The van der Waals surface area contributed by atoms with E-state index in [2.05, 4.69) is 15.3 Å². The van der Waals surface area contributed by atoms with Crippen molar-refractivity contribution in [1.82, 2.24) is 19.3 Å². The number of nitrogens with one attached hydrogen (secondary N) is 1. The summed E-state index contributed by atoms with van der Waals surface area (Å²) < 4.78 is 41.8. The molecule has 178 valence electrons. The van der Waals surface area contributed by atoms with Gasteiger partial charge in [0.15, 0.2) is 0 Å². The van der Waals surface area contributed by atoms with E-state index in [1.54, 1.807) is 28.6 Å². The zero-order chi connectivity index (χ0) is 24.4. The smallest absolute Gasteiger partial charge is 0.363 e. The first kappa shape index (κ1) is 22.1. The molecule has 1 amide bonds. The van der Waals surface area contributed by atoms with E-state index in [0.717, 1.165) is 36.2 Å². The summed E-state index contributed by atoms with van der Waals surface area (Å²) in [6, 6.07) is 1.79. The van der Waals surface area contributed by atoms with E-state index in [1.165, 1.54) is 0 Å². The van der Waals surface area contributed by atoms with Crippen LogP contribution in [0.2, 0.25) is 0 Å². The molecule has 0 radical (unpaired) electrons. The highest BCUT2D eigenvalue weighted by Crippen LogP contribution is 2.48. The lowest BCUT2D eigenvalue weighted by atomic mass is 10.0. The number of alkyl halides is 3. The number of nitrogens with zero attached hydrogens (tertiary/aromatic N) is 5. The van der Waals surface area contributed by atoms with Gasteiger partial charge in [-0.25, -0.2) is 4.98 Å². The van der Waals surface area contributed by atoms with Gasteiger partial charge in [0.1, 0.15) is 5.82 Å². The normalized spacial score (nSPS) is 17.5. The minimum absolute atomic E-state index is 0.0597. The van der Waals surface area contributed by atoms with Crippen LogP contribution in [0, 0.1) is 15.5 Å². The number of aromatic nitrogens is 3. The molecule has 1 fully saturated rings. The van der Waals surface area contributed by atoms with Gasteiger partial charge in [-0.2, -0.15) is 18.2 Å². The minimum Gasteiger partial charge on any atom is -0.363 e. The number of amides is 1. The number of fused-ring (bicyclic) bond motifs is 3. The second kappa shape index (κ2) is 7.40. The van der Waals surface area contributed by atoms with E-state index in [4.69, 9.17) is 0 Å². The van der Waals surface area contributed by atoms with Crippen molar-refractivity contribution in [3.63, 3.8) is 0 Å². The van der Waals surface area contributed by atoms with E-state index < -0.39 is 28.4 Å². The lowest BCUT2D eigenvalue weighted by Gasteiger charge is -2.20. The molecule has 1 aromatic carbocycles. The lowest BCUT2D eigenvalue weighted by Crippen LogP contribution is -2.31. The standard InChI is InChI=1S/C22H21F3N6O3/c1-12(13-7-14(22(23,24)25)9-15(8-13)31(33)34)27-18-16-10-29(19(32)21(2)3-4-21)11-17(16)30-6-5-26-20(30)28-18/h5-9,12H,3-4,10-11H2,1-2H3,(H,26,27,28)/t12-/m1/s1. The summed E-state index contributed by atoms with van der Waals surface area (Å²) in [5, 5.41) is 14.3. The third-order valence-electron chi connectivity index (χ3n) is 6.58. The zero-order valence-corrected chi connectivity index (χ0v) is 18.4. The highest BCUT2D eigenvalue weighted by molar-refractivity contribution is 5.85. The molecule has 0 bridgehead atoms. The zero-order valence-electron chi connectivity index (χ0n) is 18.4. The molecule has 1 aliphatic heterocycles. The number of hydrogen-bond acceptors (Lipinski definition) is 6. The monoisotopic (exact) mass is 474 g/mol. The fraction of sp³-hybridized carbons (Fsp3) is 0.409. The van der Waals surface area contributed by atoms with Crippen LogP contribution in [0.1, 0.15) is 55.1 Å². The molecule has 3 heterocycles. The molecule has 34 heavy (non-hydrogen) atoms. The highest BCUT2D eigenvalue weighted by atomic mass is 19.4. The van der Waals surface area contributed by atoms with E-state index in [9.17, 15) is 28.1 Å². The molecule has 1 saturated carbocycles. The molecule has 2 aliphatic rings. The molecule has 1 N–H and O–H groups in total. The Labute approximate surface area is 191 Å². The fourth-order valence-electron chi connectivity index (χ4n) is 4.29. The molecule has 12 heteroatoms. The van der Waals surface area contributed by atoms with Crippen molar-refractivity contribution < 1.29 is 22.9 Å². The summed E-state index contributed by atoms with van der Waals surface area (Å²) in [7, 11) is 0. The maximum absolute atomic E-state index is 13.3. The number of benzene rings is 1. The van der Waals surface area contributed by atoms with Crippen molar-refractivity contribution in [3.05, 3.63) is 63.1 Å². The SMILES string of the molecule is C[C@@H](Nc1nc2nccn2c2c1CN(C(=O)C1(C)CC1)C2)c1cc([N+](=O)[O-])cc(C(F)(F)F)c1. The van der Waals surface area contributed by atoms with Crippen LogP contribution >= 0.6 is 0 Å². The number of halogens is 3. The molecule has 1 aliphatic carbocycles. The summed E-state index contributed by atoms with van der Waals surface area (Å²) in [6.45, 7) is 4.22. The Bertz CT molecular complexity index is 1330. The number of carbonyl (C=O) groups excluding carboxylic acids is 1. The predicted molar refractivity (Wildman–Crippen MR) is 115 cm³/mol. The van der Waals surface area contributed by atoms with Crippen molar-refractivity contribution in [2.75, 3.05) is 5.32 Å². The Balaban J connectivity index is 1.50.